The predicted molar refractivity (Wildman–Crippen MR) is 118 cm³/mol. The molecule has 0 bridgehead atoms. The molecule has 0 aliphatic carbocycles. The van der Waals surface area contributed by atoms with E-state index in [4.69, 9.17) is 27.9 Å². The van der Waals surface area contributed by atoms with E-state index in [2.05, 4.69) is 5.32 Å². The summed E-state index contributed by atoms with van der Waals surface area (Å²) >= 11 is 12.0. The van der Waals surface area contributed by atoms with E-state index in [1.807, 2.05) is 24.0 Å². The highest BCUT2D eigenvalue weighted by molar-refractivity contribution is 7.89. The number of anilines is 1. The van der Waals surface area contributed by atoms with Gasteiger partial charge < -0.3 is 10.1 Å². The van der Waals surface area contributed by atoms with Crippen molar-refractivity contribution in [2.45, 2.75) is 11.8 Å². The number of hydrogen-bond acceptors (Lipinski definition) is 5. The first-order valence-corrected chi connectivity index (χ1v) is 11.7. The first-order chi connectivity index (χ1) is 14.3. The number of rotatable bonds is 7. The normalized spacial score (nSPS) is 15.7. The van der Waals surface area contributed by atoms with Crippen molar-refractivity contribution in [1.29, 1.82) is 0 Å². The maximum absolute atomic E-state index is 12.9. The van der Waals surface area contributed by atoms with Crippen molar-refractivity contribution in [2.24, 2.45) is 0 Å². The van der Waals surface area contributed by atoms with Crippen LogP contribution in [0.4, 0.5) is 5.69 Å². The van der Waals surface area contributed by atoms with Gasteiger partial charge in [-0.15, -0.1) is 0 Å². The Bertz CT molecular complexity index is 1010. The molecule has 1 fully saturated rings. The zero-order valence-electron chi connectivity index (χ0n) is 16.5. The molecule has 2 aromatic rings. The van der Waals surface area contributed by atoms with E-state index in [1.165, 1.54) is 16.4 Å². The van der Waals surface area contributed by atoms with Crippen LogP contribution in [0.2, 0.25) is 10.0 Å². The van der Waals surface area contributed by atoms with Crippen molar-refractivity contribution in [3.63, 3.8) is 0 Å². The molecule has 10 heteroatoms. The van der Waals surface area contributed by atoms with Gasteiger partial charge in [0, 0.05) is 31.2 Å². The Morgan fingerprint density at radius 2 is 1.80 bits per heavy atom. The van der Waals surface area contributed by atoms with Crippen molar-refractivity contribution < 1.29 is 17.9 Å². The molecule has 1 amide bonds. The first-order valence-electron chi connectivity index (χ1n) is 9.50. The lowest BCUT2D eigenvalue weighted by molar-refractivity contribution is -0.117. The van der Waals surface area contributed by atoms with Gasteiger partial charge in [0.05, 0.1) is 23.9 Å². The smallest absolute Gasteiger partial charge is 0.244 e. The number of amides is 1. The fourth-order valence-electron chi connectivity index (χ4n) is 3.19. The number of carbonyl (C=O) groups excluding carboxylic acids is 1. The number of nitrogens with one attached hydrogen (secondary N) is 1. The number of halogens is 2. The molecule has 1 aliphatic rings. The number of hydrogen-bond donors (Lipinski definition) is 1. The molecule has 1 aliphatic heterocycles. The Hall–Kier alpha value is -1.84. The number of sulfonamides is 1. The van der Waals surface area contributed by atoms with Gasteiger partial charge in [-0.05, 0) is 37.3 Å². The van der Waals surface area contributed by atoms with Crippen LogP contribution < -0.4 is 10.1 Å². The molecule has 1 heterocycles. The van der Waals surface area contributed by atoms with Crippen molar-refractivity contribution in [3.05, 3.63) is 52.5 Å². The number of nitrogens with zero attached hydrogens (tertiary/aromatic N) is 2. The largest absolute Gasteiger partial charge is 0.492 e. The number of benzene rings is 2. The SMILES string of the molecule is CCOc1ccccc1NC(=O)CN1CCN(S(=O)(=O)c2cc(Cl)ccc2Cl)CC1. The van der Waals surface area contributed by atoms with Crippen LogP contribution >= 0.6 is 23.2 Å². The van der Waals surface area contributed by atoms with Gasteiger partial charge in [-0.25, -0.2) is 8.42 Å². The summed E-state index contributed by atoms with van der Waals surface area (Å²) in [5.74, 6) is 0.430. The lowest BCUT2D eigenvalue weighted by Crippen LogP contribution is -2.50. The van der Waals surface area contributed by atoms with Crippen LogP contribution in [0.5, 0.6) is 5.75 Å². The highest BCUT2D eigenvalue weighted by Gasteiger charge is 2.30. The van der Waals surface area contributed by atoms with Crippen LogP contribution in [-0.4, -0.2) is 62.9 Å². The molecule has 0 atom stereocenters. The number of carbonyl (C=O) groups is 1. The van der Waals surface area contributed by atoms with Crippen LogP contribution in [-0.2, 0) is 14.8 Å². The molecule has 1 saturated heterocycles. The predicted octanol–water partition coefficient (Wildman–Crippen LogP) is 3.34. The van der Waals surface area contributed by atoms with Crippen molar-refractivity contribution in [1.82, 2.24) is 9.21 Å². The van der Waals surface area contributed by atoms with E-state index in [-0.39, 0.29) is 35.5 Å². The van der Waals surface area contributed by atoms with Crippen LogP contribution in [0.1, 0.15) is 6.92 Å². The molecule has 0 spiro atoms. The summed E-state index contributed by atoms with van der Waals surface area (Å²) in [6, 6.07) is 11.6. The third kappa shape index (κ3) is 5.44. The molecule has 0 saturated carbocycles. The van der Waals surface area contributed by atoms with Gasteiger partial charge in [0.25, 0.3) is 0 Å². The summed E-state index contributed by atoms with van der Waals surface area (Å²) in [7, 11) is -3.75. The van der Waals surface area contributed by atoms with Gasteiger partial charge in [0.15, 0.2) is 0 Å². The highest BCUT2D eigenvalue weighted by Crippen LogP contribution is 2.28. The molecule has 7 nitrogen and oxygen atoms in total. The van der Waals surface area contributed by atoms with Gasteiger partial charge >= 0.3 is 0 Å². The van der Waals surface area contributed by atoms with E-state index in [0.29, 0.717) is 36.2 Å². The minimum atomic E-state index is -3.75. The third-order valence-electron chi connectivity index (χ3n) is 4.67. The lowest BCUT2D eigenvalue weighted by atomic mass is 10.3. The average Bonchev–Trinajstić information content (AvgIpc) is 2.72. The summed E-state index contributed by atoms with van der Waals surface area (Å²) in [4.78, 5) is 14.3. The van der Waals surface area contributed by atoms with Gasteiger partial charge in [0.2, 0.25) is 15.9 Å². The Kier molecular flexibility index (Phi) is 7.60. The fraction of sp³-hybridized carbons (Fsp3) is 0.350. The Labute approximate surface area is 186 Å². The molecule has 30 heavy (non-hydrogen) atoms. The molecule has 162 valence electrons. The minimum absolute atomic E-state index is 0.00427. The van der Waals surface area contributed by atoms with E-state index in [0.717, 1.165) is 0 Å². The zero-order valence-corrected chi connectivity index (χ0v) is 18.8. The molecule has 3 rings (SSSR count). The van der Waals surface area contributed by atoms with Crippen molar-refractivity contribution in [2.75, 3.05) is 44.6 Å². The van der Waals surface area contributed by atoms with Crippen LogP contribution in [0.3, 0.4) is 0 Å². The highest BCUT2D eigenvalue weighted by atomic mass is 35.5. The van der Waals surface area contributed by atoms with Gasteiger partial charge in [0.1, 0.15) is 10.6 Å². The standard InChI is InChI=1S/C20H23Cl2N3O4S/c1-2-29-18-6-4-3-5-17(18)23-20(26)14-24-9-11-25(12-10-24)30(27,28)19-13-15(21)7-8-16(19)22/h3-8,13H,2,9-12,14H2,1H3,(H,23,26). The van der Waals surface area contributed by atoms with Gasteiger partial charge in [-0.1, -0.05) is 35.3 Å². The molecule has 1 N–H and O–H groups in total. The number of ether oxygens (including phenoxy) is 1. The molecule has 0 unspecified atom stereocenters. The third-order valence-corrected chi connectivity index (χ3v) is 7.29. The van der Waals surface area contributed by atoms with Crippen molar-refractivity contribution >= 4 is 44.8 Å². The maximum atomic E-state index is 12.9. The van der Waals surface area contributed by atoms with Crippen LogP contribution in [0, 0.1) is 0 Å². The second-order valence-electron chi connectivity index (χ2n) is 6.73. The Balaban J connectivity index is 1.58. The number of para-hydroxylation sites is 2. The van der Waals surface area contributed by atoms with Gasteiger partial charge in [-0.2, -0.15) is 4.31 Å². The summed E-state index contributed by atoms with van der Waals surface area (Å²) in [6.45, 7) is 3.91. The molecule has 2 aromatic carbocycles. The summed E-state index contributed by atoms with van der Waals surface area (Å²) in [5, 5.41) is 3.29. The second kappa shape index (κ2) is 9.98. The number of piperazine rings is 1. The van der Waals surface area contributed by atoms with E-state index >= 15 is 0 Å². The van der Waals surface area contributed by atoms with E-state index in [9.17, 15) is 13.2 Å². The van der Waals surface area contributed by atoms with Crippen LogP contribution in [0.25, 0.3) is 0 Å². The molecular formula is C20H23Cl2N3O4S. The fourth-order valence-corrected chi connectivity index (χ4v) is 5.35. The monoisotopic (exact) mass is 471 g/mol. The van der Waals surface area contributed by atoms with Crippen LogP contribution in [0.15, 0.2) is 47.4 Å². The molecule has 0 aromatic heterocycles. The minimum Gasteiger partial charge on any atom is -0.492 e. The Morgan fingerprint density at radius 1 is 1.10 bits per heavy atom. The first kappa shape index (κ1) is 22.8. The topological polar surface area (TPSA) is 79.0 Å². The second-order valence-corrected chi connectivity index (χ2v) is 9.48. The average molecular weight is 472 g/mol. The lowest BCUT2D eigenvalue weighted by Gasteiger charge is -2.33. The summed E-state index contributed by atoms with van der Waals surface area (Å²) in [5.41, 5.74) is 0.612. The van der Waals surface area contributed by atoms with E-state index < -0.39 is 10.0 Å². The van der Waals surface area contributed by atoms with E-state index in [1.54, 1.807) is 18.2 Å². The zero-order chi connectivity index (χ0) is 21.7. The molecular weight excluding hydrogens is 449 g/mol. The summed E-state index contributed by atoms with van der Waals surface area (Å²) < 4.78 is 32.7. The van der Waals surface area contributed by atoms with Gasteiger partial charge in [-0.3, -0.25) is 9.69 Å². The summed E-state index contributed by atoms with van der Waals surface area (Å²) in [6.07, 6.45) is 0. The molecule has 0 radical (unpaired) electrons. The Morgan fingerprint density at radius 3 is 2.50 bits per heavy atom. The quantitative estimate of drug-likeness (QED) is 0.669. The van der Waals surface area contributed by atoms with Crippen molar-refractivity contribution in [3.8, 4) is 5.75 Å². The maximum Gasteiger partial charge on any atom is 0.244 e.